The standard InChI is InChI=1S/C38H24N4/c1-23-12-15-33-29(18-23)30-19-24(2)13-16-34(30)41(33)36-21-37(31(40-3)20-26(36)22-39)42-32-11-7-6-10-28(32)38-27-9-5-4-8-25(27)14-17-35(38)42/h4-21H,1-2H3. The van der Waals surface area contributed by atoms with E-state index in [1.165, 1.54) is 21.9 Å². The summed E-state index contributed by atoms with van der Waals surface area (Å²) in [7, 11) is 0. The van der Waals surface area contributed by atoms with Crippen molar-refractivity contribution in [2.75, 3.05) is 0 Å². The summed E-state index contributed by atoms with van der Waals surface area (Å²) in [6, 6.07) is 40.2. The lowest BCUT2D eigenvalue weighted by Gasteiger charge is -2.16. The van der Waals surface area contributed by atoms with E-state index in [9.17, 15) is 5.26 Å². The first-order valence-corrected chi connectivity index (χ1v) is 14.0. The molecule has 0 amide bonds. The van der Waals surface area contributed by atoms with E-state index < -0.39 is 0 Å². The number of nitriles is 1. The minimum atomic E-state index is 0.443. The topological polar surface area (TPSA) is 38.0 Å². The zero-order valence-corrected chi connectivity index (χ0v) is 23.2. The molecule has 2 aromatic heterocycles. The van der Waals surface area contributed by atoms with Crippen molar-refractivity contribution < 1.29 is 0 Å². The van der Waals surface area contributed by atoms with Crippen LogP contribution in [0.25, 0.3) is 70.6 Å². The summed E-state index contributed by atoms with van der Waals surface area (Å²) in [6.07, 6.45) is 0. The van der Waals surface area contributed by atoms with Crippen LogP contribution in [-0.2, 0) is 0 Å². The second-order valence-corrected chi connectivity index (χ2v) is 11.0. The van der Waals surface area contributed by atoms with Crippen LogP contribution in [0.1, 0.15) is 16.7 Å². The van der Waals surface area contributed by atoms with Crippen molar-refractivity contribution in [3.63, 3.8) is 0 Å². The number of nitrogens with zero attached hydrogens (tertiary/aromatic N) is 4. The third kappa shape index (κ3) is 3.27. The van der Waals surface area contributed by atoms with Gasteiger partial charge in [0.15, 0.2) is 0 Å². The van der Waals surface area contributed by atoms with Crippen molar-refractivity contribution in [3.8, 4) is 17.4 Å². The van der Waals surface area contributed by atoms with Crippen molar-refractivity contribution >= 4 is 60.1 Å². The summed E-state index contributed by atoms with van der Waals surface area (Å²) in [5.41, 5.74) is 8.93. The Balaban J connectivity index is 1.54. The zero-order chi connectivity index (χ0) is 28.5. The zero-order valence-electron chi connectivity index (χ0n) is 23.2. The Hall–Kier alpha value is -5.84. The molecule has 42 heavy (non-hydrogen) atoms. The molecule has 0 spiro atoms. The van der Waals surface area contributed by atoms with Crippen molar-refractivity contribution in [1.29, 1.82) is 5.26 Å². The minimum absolute atomic E-state index is 0.443. The Kier molecular flexibility index (Phi) is 5.05. The fourth-order valence-electron chi connectivity index (χ4n) is 6.62. The van der Waals surface area contributed by atoms with Crippen LogP contribution in [0.5, 0.6) is 0 Å². The van der Waals surface area contributed by atoms with Crippen LogP contribution in [0.4, 0.5) is 5.69 Å². The second kappa shape index (κ2) is 8.83. The van der Waals surface area contributed by atoms with Gasteiger partial charge in [0.25, 0.3) is 0 Å². The highest BCUT2D eigenvalue weighted by molar-refractivity contribution is 6.21. The lowest BCUT2D eigenvalue weighted by molar-refractivity contribution is 1.13. The van der Waals surface area contributed by atoms with E-state index in [0.29, 0.717) is 11.3 Å². The van der Waals surface area contributed by atoms with Crippen molar-refractivity contribution in [3.05, 3.63) is 137 Å². The summed E-state index contributed by atoms with van der Waals surface area (Å²) in [5.74, 6) is 0. The molecule has 0 aliphatic rings. The number of fused-ring (bicyclic) bond motifs is 8. The molecule has 0 N–H and O–H groups in total. The molecule has 2 heterocycles. The summed E-state index contributed by atoms with van der Waals surface area (Å²) in [5, 5.41) is 17.3. The lowest BCUT2D eigenvalue weighted by atomic mass is 10.0. The van der Waals surface area contributed by atoms with Gasteiger partial charge in [-0.05, 0) is 73.2 Å². The molecule has 4 nitrogen and oxygen atoms in total. The van der Waals surface area contributed by atoms with Gasteiger partial charge in [0.05, 0.1) is 51.6 Å². The van der Waals surface area contributed by atoms with Crippen LogP contribution in [0.15, 0.2) is 109 Å². The van der Waals surface area contributed by atoms with Gasteiger partial charge in [0.2, 0.25) is 5.69 Å². The first-order chi connectivity index (χ1) is 20.6. The molecule has 8 rings (SSSR count). The molecule has 0 radical (unpaired) electrons. The van der Waals surface area contributed by atoms with Gasteiger partial charge in [-0.2, -0.15) is 5.26 Å². The van der Waals surface area contributed by atoms with Gasteiger partial charge in [-0.15, -0.1) is 0 Å². The maximum atomic E-state index is 10.4. The van der Waals surface area contributed by atoms with Gasteiger partial charge < -0.3 is 9.13 Å². The predicted octanol–water partition coefficient (Wildman–Crippen LogP) is 10.1. The molecule has 4 heteroatoms. The van der Waals surface area contributed by atoms with Crippen LogP contribution < -0.4 is 0 Å². The summed E-state index contributed by atoms with van der Waals surface area (Å²) in [6.45, 7) is 12.4. The molecule has 0 saturated carbocycles. The Labute approximate surface area is 242 Å². The maximum Gasteiger partial charge on any atom is 0.212 e. The molecule has 0 bridgehead atoms. The normalized spacial score (nSPS) is 11.5. The molecule has 8 aromatic rings. The van der Waals surface area contributed by atoms with Crippen LogP contribution in [0.2, 0.25) is 0 Å². The average molecular weight is 537 g/mol. The fourth-order valence-corrected chi connectivity index (χ4v) is 6.62. The van der Waals surface area contributed by atoms with E-state index in [1.54, 1.807) is 6.07 Å². The summed E-state index contributed by atoms with van der Waals surface area (Å²) < 4.78 is 4.37. The minimum Gasteiger partial charge on any atom is -0.319 e. The molecule has 0 saturated heterocycles. The molecule has 196 valence electrons. The highest BCUT2D eigenvalue weighted by Gasteiger charge is 2.21. The van der Waals surface area contributed by atoms with Gasteiger partial charge in [-0.3, -0.25) is 0 Å². The fraction of sp³-hybridized carbons (Fsp3) is 0.0526. The van der Waals surface area contributed by atoms with Crippen LogP contribution in [0, 0.1) is 31.8 Å². The summed E-state index contributed by atoms with van der Waals surface area (Å²) >= 11 is 0. The predicted molar refractivity (Wildman–Crippen MR) is 173 cm³/mol. The largest absolute Gasteiger partial charge is 0.319 e. The molecule has 0 aliphatic heterocycles. The molecule has 0 atom stereocenters. The summed E-state index contributed by atoms with van der Waals surface area (Å²) in [4.78, 5) is 3.95. The smallest absolute Gasteiger partial charge is 0.212 e. The van der Waals surface area contributed by atoms with E-state index >= 15 is 0 Å². The number of para-hydroxylation sites is 1. The molecular formula is C38H24N4. The quantitative estimate of drug-likeness (QED) is 0.203. The van der Waals surface area contributed by atoms with Crippen LogP contribution >= 0.6 is 0 Å². The number of aromatic nitrogens is 2. The van der Waals surface area contributed by atoms with Gasteiger partial charge in [0, 0.05) is 21.5 Å². The van der Waals surface area contributed by atoms with E-state index in [-0.39, 0.29) is 0 Å². The van der Waals surface area contributed by atoms with Crippen LogP contribution in [-0.4, -0.2) is 9.13 Å². The van der Waals surface area contributed by atoms with E-state index in [1.807, 2.05) is 12.1 Å². The monoisotopic (exact) mass is 536 g/mol. The third-order valence-electron chi connectivity index (χ3n) is 8.45. The van der Waals surface area contributed by atoms with Gasteiger partial charge in [-0.25, -0.2) is 4.85 Å². The lowest BCUT2D eigenvalue weighted by Crippen LogP contribution is -2.02. The average Bonchev–Trinajstić information content (AvgIpc) is 3.52. The Bertz CT molecular complexity index is 2450. The number of rotatable bonds is 2. The highest BCUT2D eigenvalue weighted by atomic mass is 15.0. The van der Waals surface area contributed by atoms with Crippen molar-refractivity contribution in [2.24, 2.45) is 0 Å². The van der Waals surface area contributed by atoms with Gasteiger partial charge >= 0.3 is 0 Å². The third-order valence-corrected chi connectivity index (χ3v) is 8.45. The number of aryl methyl sites for hydroxylation is 2. The Morgan fingerprint density at radius 3 is 1.88 bits per heavy atom. The van der Waals surface area contributed by atoms with Crippen molar-refractivity contribution in [1.82, 2.24) is 9.13 Å². The molecule has 0 unspecified atom stereocenters. The molecule has 0 fully saturated rings. The first kappa shape index (κ1) is 24.0. The number of hydrogen-bond donors (Lipinski definition) is 0. The van der Waals surface area contributed by atoms with E-state index in [2.05, 4.69) is 125 Å². The van der Waals surface area contributed by atoms with Gasteiger partial charge in [-0.1, -0.05) is 71.8 Å². The van der Waals surface area contributed by atoms with Crippen LogP contribution in [0.3, 0.4) is 0 Å². The Morgan fingerprint density at radius 1 is 0.595 bits per heavy atom. The molecule has 0 aliphatic carbocycles. The van der Waals surface area contributed by atoms with E-state index in [4.69, 9.17) is 6.57 Å². The number of benzene rings is 6. The SMILES string of the molecule is [C-]#[N+]c1cc(C#N)c(-n2c3ccc(C)cc3c3cc(C)ccc32)cc1-n1c2ccccc2c2c3ccccc3ccc21. The van der Waals surface area contributed by atoms with E-state index in [0.717, 1.165) is 55.0 Å². The molecule has 6 aromatic carbocycles. The molecular weight excluding hydrogens is 512 g/mol. The highest BCUT2D eigenvalue weighted by Crippen LogP contribution is 2.42. The van der Waals surface area contributed by atoms with Crippen molar-refractivity contribution in [2.45, 2.75) is 13.8 Å². The maximum absolute atomic E-state index is 10.4. The number of hydrogen-bond acceptors (Lipinski definition) is 1. The van der Waals surface area contributed by atoms with Gasteiger partial charge in [0.1, 0.15) is 0 Å². The first-order valence-electron chi connectivity index (χ1n) is 14.0. The Morgan fingerprint density at radius 2 is 1.19 bits per heavy atom. The second-order valence-electron chi connectivity index (χ2n) is 11.0.